The van der Waals surface area contributed by atoms with Crippen LogP contribution in [0.4, 0.5) is 5.69 Å². The van der Waals surface area contributed by atoms with Gasteiger partial charge in [-0.2, -0.15) is 0 Å². The lowest BCUT2D eigenvalue weighted by molar-refractivity contribution is 0.101. The van der Waals surface area contributed by atoms with E-state index in [-0.39, 0.29) is 5.78 Å². The molecule has 1 fully saturated rings. The number of aryl methyl sites for hydroxylation is 2. The Kier molecular flexibility index (Phi) is 10.2. The van der Waals surface area contributed by atoms with Gasteiger partial charge in [-0.1, -0.05) is 80.4 Å². The minimum atomic E-state index is 0.164. The third kappa shape index (κ3) is 7.72. The van der Waals surface area contributed by atoms with E-state index in [2.05, 4.69) is 78.2 Å². The fourth-order valence-electron chi connectivity index (χ4n) is 4.30. The zero-order valence-corrected chi connectivity index (χ0v) is 21.5. The summed E-state index contributed by atoms with van der Waals surface area (Å²) in [6.45, 7) is 11.0. The van der Waals surface area contributed by atoms with Crippen LogP contribution in [0.1, 0.15) is 54.2 Å². The van der Waals surface area contributed by atoms with E-state index >= 15 is 0 Å². The molecule has 180 valence electrons. The van der Waals surface area contributed by atoms with Gasteiger partial charge in [0.05, 0.1) is 0 Å². The van der Waals surface area contributed by atoms with Crippen LogP contribution >= 0.6 is 11.6 Å². The Bertz CT molecular complexity index is 1030. The van der Waals surface area contributed by atoms with Crippen molar-refractivity contribution in [2.45, 2.75) is 46.6 Å². The summed E-state index contributed by atoms with van der Waals surface area (Å²) in [5.74, 6) is 0.164. The van der Waals surface area contributed by atoms with Crippen LogP contribution in [0.5, 0.6) is 0 Å². The summed E-state index contributed by atoms with van der Waals surface area (Å²) >= 11 is 5.96. The first-order valence-electron chi connectivity index (χ1n) is 12.4. The van der Waals surface area contributed by atoms with Gasteiger partial charge in [-0.25, -0.2) is 0 Å². The minimum absolute atomic E-state index is 0.164. The number of hydrogen-bond donors (Lipinski definition) is 0. The highest BCUT2D eigenvalue weighted by Crippen LogP contribution is 2.23. The molecule has 1 saturated heterocycles. The van der Waals surface area contributed by atoms with Gasteiger partial charge in [0.1, 0.15) is 0 Å². The van der Waals surface area contributed by atoms with Crippen LogP contribution < -0.4 is 4.90 Å². The first-order valence-corrected chi connectivity index (χ1v) is 12.8. The SMILES string of the molecule is CCCc1ccc(N2CCN(Cc3ccc(Cl)cc3)CC2)cc1C(C)=O.CCc1ccccc1. The lowest BCUT2D eigenvalue weighted by Crippen LogP contribution is -2.46. The molecule has 0 N–H and O–H groups in total. The molecule has 0 radical (unpaired) electrons. The maximum atomic E-state index is 12.0. The topological polar surface area (TPSA) is 23.6 Å². The third-order valence-electron chi connectivity index (χ3n) is 6.30. The number of carbonyl (C=O) groups excluding carboxylic acids is 1. The fourth-order valence-corrected chi connectivity index (χ4v) is 4.43. The van der Waals surface area contributed by atoms with Crippen LogP contribution in [0, 0.1) is 0 Å². The molecule has 0 spiro atoms. The highest BCUT2D eigenvalue weighted by Gasteiger charge is 2.19. The van der Waals surface area contributed by atoms with Crippen molar-refractivity contribution in [2.75, 3.05) is 31.1 Å². The van der Waals surface area contributed by atoms with E-state index in [9.17, 15) is 4.79 Å². The van der Waals surface area contributed by atoms with Gasteiger partial charge in [0.15, 0.2) is 5.78 Å². The Labute approximate surface area is 210 Å². The van der Waals surface area contributed by atoms with Crippen LogP contribution in [-0.2, 0) is 19.4 Å². The standard InChI is InChI=1S/C22H27ClN2O.C8H10/c1-3-4-19-7-10-21(15-22(19)17(2)26)25-13-11-24(12-14-25)16-18-5-8-20(23)9-6-18;1-2-8-6-4-3-5-7-8/h5-10,15H,3-4,11-14,16H2,1-2H3;3-7H,2H2,1H3. The second-order valence-electron chi connectivity index (χ2n) is 8.88. The molecule has 3 aromatic carbocycles. The first-order chi connectivity index (χ1) is 16.5. The van der Waals surface area contributed by atoms with Crippen molar-refractivity contribution in [2.24, 2.45) is 0 Å². The van der Waals surface area contributed by atoms with Gasteiger partial charge in [-0.15, -0.1) is 0 Å². The number of halogens is 1. The van der Waals surface area contributed by atoms with Crippen LogP contribution in [0.2, 0.25) is 5.02 Å². The summed E-state index contributed by atoms with van der Waals surface area (Å²) in [7, 11) is 0. The van der Waals surface area contributed by atoms with E-state index in [1.807, 2.05) is 18.2 Å². The average molecular weight is 477 g/mol. The molecule has 0 aliphatic carbocycles. The zero-order chi connectivity index (χ0) is 24.3. The zero-order valence-electron chi connectivity index (χ0n) is 20.8. The van der Waals surface area contributed by atoms with Crippen molar-refractivity contribution in [1.82, 2.24) is 4.90 Å². The number of nitrogens with zero attached hydrogens (tertiary/aromatic N) is 2. The minimum Gasteiger partial charge on any atom is -0.369 e. The molecule has 0 bridgehead atoms. The summed E-state index contributed by atoms with van der Waals surface area (Å²) in [5, 5.41) is 0.784. The normalized spacial score (nSPS) is 13.8. The van der Waals surface area contributed by atoms with Crippen molar-refractivity contribution >= 4 is 23.1 Å². The molecule has 4 heteroatoms. The molecule has 4 rings (SSSR count). The highest BCUT2D eigenvalue weighted by molar-refractivity contribution is 6.30. The van der Waals surface area contributed by atoms with Gasteiger partial charge in [0, 0.05) is 49.0 Å². The van der Waals surface area contributed by atoms with Crippen molar-refractivity contribution in [3.8, 4) is 0 Å². The average Bonchev–Trinajstić information content (AvgIpc) is 2.87. The summed E-state index contributed by atoms with van der Waals surface area (Å²) in [6.07, 6.45) is 3.16. The van der Waals surface area contributed by atoms with Gasteiger partial charge < -0.3 is 4.90 Å². The molecular formula is C30H37ClN2O. The predicted molar refractivity (Wildman–Crippen MR) is 145 cm³/mol. The van der Waals surface area contributed by atoms with Crippen molar-refractivity contribution in [1.29, 1.82) is 0 Å². The van der Waals surface area contributed by atoms with Crippen molar-refractivity contribution < 1.29 is 4.79 Å². The number of rotatable bonds is 7. The summed E-state index contributed by atoms with van der Waals surface area (Å²) < 4.78 is 0. The number of carbonyl (C=O) groups is 1. The second-order valence-corrected chi connectivity index (χ2v) is 9.31. The molecule has 0 unspecified atom stereocenters. The largest absolute Gasteiger partial charge is 0.369 e. The number of Topliss-reactive ketones (excluding diaryl/α,β-unsaturated/α-hetero) is 1. The smallest absolute Gasteiger partial charge is 0.160 e. The van der Waals surface area contributed by atoms with E-state index in [0.717, 1.165) is 62.6 Å². The maximum absolute atomic E-state index is 12.0. The van der Waals surface area contributed by atoms with Crippen LogP contribution in [0.15, 0.2) is 72.8 Å². The maximum Gasteiger partial charge on any atom is 0.160 e. The van der Waals surface area contributed by atoms with E-state index < -0.39 is 0 Å². The number of ketones is 1. The summed E-state index contributed by atoms with van der Waals surface area (Å²) in [6, 6.07) is 24.9. The van der Waals surface area contributed by atoms with Gasteiger partial charge in [-0.05, 0) is 60.7 Å². The number of hydrogen-bond acceptors (Lipinski definition) is 3. The van der Waals surface area contributed by atoms with E-state index in [1.165, 1.54) is 22.4 Å². The Balaban J connectivity index is 0.000000343. The predicted octanol–water partition coefficient (Wildman–Crippen LogP) is 7.07. The van der Waals surface area contributed by atoms with Crippen LogP contribution in [0.3, 0.4) is 0 Å². The Morgan fingerprint density at radius 3 is 2.09 bits per heavy atom. The van der Waals surface area contributed by atoms with Crippen LogP contribution in [0.25, 0.3) is 0 Å². The molecule has 3 aromatic rings. The van der Waals surface area contributed by atoms with Crippen molar-refractivity contribution in [3.05, 3.63) is 100 Å². The third-order valence-corrected chi connectivity index (χ3v) is 6.55. The van der Waals surface area contributed by atoms with Gasteiger partial charge >= 0.3 is 0 Å². The first kappa shape index (κ1) is 26.0. The lowest BCUT2D eigenvalue weighted by Gasteiger charge is -2.36. The molecule has 3 nitrogen and oxygen atoms in total. The lowest BCUT2D eigenvalue weighted by atomic mass is 9.99. The van der Waals surface area contributed by atoms with Gasteiger partial charge in [0.25, 0.3) is 0 Å². The number of anilines is 1. The molecule has 1 aliphatic rings. The van der Waals surface area contributed by atoms with Crippen LogP contribution in [-0.4, -0.2) is 36.9 Å². The Morgan fingerprint density at radius 1 is 0.853 bits per heavy atom. The van der Waals surface area contributed by atoms with E-state index in [0.29, 0.717) is 0 Å². The Hall–Kier alpha value is -2.62. The summed E-state index contributed by atoms with van der Waals surface area (Å²) in [4.78, 5) is 16.9. The highest BCUT2D eigenvalue weighted by atomic mass is 35.5. The van der Waals surface area contributed by atoms with E-state index in [4.69, 9.17) is 11.6 Å². The second kappa shape index (κ2) is 13.3. The van der Waals surface area contributed by atoms with E-state index in [1.54, 1.807) is 6.92 Å². The molecule has 34 heavy (non-hydrogen) atoms. The fraction of sp³-hybridized carbons (Fsp3) is 0.367. The Morgan fingerprint density at radius 2 is 1.53 bits per heavy atom. The van der Waals surface area contributed by atoms with Gasteiger partial charge in [0.2, 0.25) is 0 Å². The molecule has 1 aliphatic heterocycles. The quantitative estimate of drug-likeness (QED) is 0.341. The van der Waals surface area contributed by atoms with Gasteiger partial charge in [-0.3, -0.25) is 9.69 Å². The number of piperazine rings is 1. The summed E-state index contributed by atoms with van der Waals surface area (Å²) in [5.41, 5.74) is 5.93. The molecule has 0 atom stereocenters. The molecule has 0 amide bonds. The number of benzene rings is 3. The monoisotopic (exact) mass is 476 g/mol. The molecule has 0 saturated carbocycles. The molecule has 0 aromatic heterocycles. The molecule has 1 heterocycles. The molecular weight excluding hydrogens is 440 g/mol. The van der Waals surface area contributed by atoms with Crippen molar-refractivity contribution in [3.63, 3.8) is 0 Å².